The molecule has 0 aromatic rings. The molecule has 0 spiro atoms. The Morgan fingerprint density at radius 1 is 1.25 bits per heavy atom. The summed E-state index contributed by atoms with van der Waals surface area (Å²) in [4.78, 5) is 0. The summed E-state index contributed by atoms with van der Waals surface area (Å²) in [6, 6.07) is 0. The summed E-state index contributed by atoms with van der Waals surface area (Å²) >= 11 is 0. The zero-order valence-corrected chi connectivity index (χ0v) is 8.68. The molecule has 0 aliphatic carbocycles. The fraction of sp³-hybridized carbons (Fsp3) is 1.00. The zero-order valence-electron chi connectivity index (χ0n) is 8.68. The van der Waals surface area contributed by atoms with E-state index in [-0.39, 0.29) is 6.23 Å². The van der Waals surface area contributed by atoms with E-state index in [0.717, 1.165) is 12.8 Å². The van der Waals surface area contributed by atoms with E-state index in [9.17, 15) is 0 Å². The number of unbranched alkanes of at least 4 members (excludes halogenated alkanes) is 2. The van der Waals surface area contributed by atoms with Gasteiger partial charge in [0.2, 0.25) is 0 Å². The van der Waals surface area contributed by atoms with Crippen molar-refractivity contribution in [2.45, 2.75) is 65.2 Å². The van der Waals surface area contributed by atoms with Gasteiger partial charge in [-0.15, -0.1) is 0 Å². The molecule has 2 atom stereocenters. The van der Waals surface area contributed by atoms with E-state index in [2.05, 4.69) is 13.8 Å². The van der Waals surface area contributed by atoms with Crippen LogP contribution in [0.15, 0.2) is 0 Å². The van der Waals surface area contributed by atoms with Crippen LogP contribution in [0.1, 0.15) is 52.9 Å². The Balaban J connectivity index is 3.26. The molecule has 0 bridgehead atoms. The maximum Gasteiger partial charge on any atom is 0.105 e. The van der Waals surface area contributed by atoms with Crippen LogP contribution in [-0.2, 0) is 4.74 Å². The average molecular weight is 173 g/mol. The second-order valence-corrected chi connectivity index (χ2v) is 3.39. The average Bonchev–Trinajstić information content (AvgIpc) is 2.05. The fourth-order valence-corrected chi connectivity index (χ4v) is 1.14. The molecule has 0 aromatic carbocycles. The molecule has 0 saturated carbocycles. The van der Waals surface area contributed by atoms with Gasteiger partial charge in [-0.3, -0.25) is 0 Å². The molecule has 0 heterocycles. The first kappa shape index (κ1) is 11.9. The second-order valence-electron chi connectivity index (χ2n) is 3.39. The van der Waals surface area contributed by atoms with Crippen LogP contribution >= 0.6 is 0 Å². The summed E-state index contributed by atoms with van der Waals surface area (Å²) in [7, 11) is 0. The highest BCUT2D eigenvalue weighted by molar-refractivity contribution is 4.53. The highest BCUT2D eigenvalue weighted by Crippen LogP contribution is 2.07. The summed E-state index contributed by atoms with van der Waals surface area (Å²) in [5.74, 6) is 0. The van der Waals surface area contributed by atoms with Crippen molar-refractivity contribution in [2.75, 3.05) is 0 Å². The van der Waals surface area contributed by atoms with Gasteiger partial charge in [0.25, 0.3) is 0 Å². The number of nitrogens with two attached hydrogens (primary N) is 1. The van der Waals surface area contributed by atoms with E-state index in [1.807, 2.05) is 6.92 Å². The van der Waals surface area contributed by atoms with Crippen molar-refractivity contribution in [3.05, 3.63) is 0 Å². The van der Waals surface area contributed by atoms with Crippen molar-refractivity contribution in [3.63, 3.8) is 0 Å². The van der Waals surface area contributed by atoms with Crippen LogP contribution in [0.5, 0.6) is 0 Å². The Kier molecular flexibility index (Phi) is 7.51. The minimum atomic E-state index is -0.0679. The summed E-state index contributed by atoms with van der Waals surface area (Å²) in [5.41, 5.74) is 5.66. The van der Waals surface area contributed by atoms with Crippen molar-refractivity contribution in [1.29, 1.82) is 0 Å². The number of hydrogen-bond donors (Lipinski definition) is 1. The van der Waals surface area contributed by atoms with E-state index in [4.69, 9.17) is 10.5 Å². The van der Waals surface area contributed by atoms with Crippen LogP contribution < -0.4 is 5.73 Å². The lowest BCUT2D eigenvalue weighted by Crippen LogP contribution is -2.27. The van der Waals surface area contributed by atoms with Gasteiger partial charge >= 0.3 is 0 Å². The van der Waals surface area contributed by atoms with Crippen LogP contribution in [0.2, 0.25) is 0 Å². The predicted molar refractivity (Wildman–Crippen MR) is 53.0 cm³/mol. The molecule has 12 heavy (non-hydrogen) atoms. The molecule has 0 saturated heterocycles. The molecule has 0 aliphatic heterocycles. The van der Waals surface area contributed by atoms with E-state index >= 15 is 0 Å². The van der Waals surface area contributed by atoms with Gasteiger partial charge in [0.1, 0.15) is 6.23 Å². The topological polar surface area (TPSA) is 35.2 Å². The summed E-state index contributed by atoms with van der Waals surface area (Å²) in [5, 5.41) is 0. The Hall–Kier alpha value is -0.0800. The Morgan fingerprint density at radius 3 is 2.42 bits per heavy atom. The van der Waals surface area contributed by atoms with Crippen molar-refractivity contribution < 1.29 is 4.74 Å². The molecule has 2 unspecified atom stereocenters. The number of hydrogen-bond acceptors (Lipinski definition) is 2. The third-order valence-corrected chi connectivity index (χ3v) is 2.02. The molecule has 0 fully saturated rings. The third-order valence-electron chi connectivity index (χ3n) is 2.02. The maximum atomic E-state index is 5.66. The molecule has 0 amide bonds. The number of ether oxygens (including phenoxy) is 1. The molecule has 0 radical (unpaired) electrons. The SMILES string of the molecule is CCCCCC(C)OC(N)CC. The molecular formula is C10H23NO. The molecule has 74 valence electrons. The van der Waals surface area contributed by atoms with Crippen molar-refractivity contribution in [2.24, 2.45) is 5.73 Å². The summed E-state index contributed by atoms with van der Waals surface area (Å²) in [6.07, 6.45) is 6.13. The second kappa shape index (κ2) is 7.56. The zero-order chi connectivity index (χ0) is 9.40. The molecule has 0 aliphatic rings. The quantitative estimate of drug-likeness (QED) is 0.474. The van der Waals surface area contributed by atoms with Crippen LogP contribution in [-0.4, -0.2) is 12.3 Å². The Bertz CT molecular complexity index is 95.8. The molecule has 0 aromatic heterocycles. The molecule has 2 N–H and O–H groups in total. The molecule has 2 heteroatoms. The summed E-state index contributed by atoms with van der Waals surface area (Å²) in [6.45, 7) is 6.36. The first-order chi connectivity index (χ1) is 5.70. The van der Waals surface area contributed by atoms with Crippen molar-refractivity contribution in [1.82, 2.24) is 0 Å². The summed E-state index contributed by atoms with van der Waals surface area (Å²) < 4.78 is 5.52. The molecular weight excluding hydrogens is 150 g/mol. The smallest absolute Gasteiger partial charge is 0.105 e. The first-order valence-corrected chi connectivity index (χ1v) is 5.11. The Morgan fingerprint density at radius 2 is 1.92 bits per heavy atom. The van der Waals surface area contributed by atoms with Crippen LogP contribution in [0.25, 0.3) is 0 Å². The monoisotopic (exact) mass is 173 g/mol. The van der Waals surface area contributed by atoms with Crippen molar-refractivity contribution >= 4 is 0 Å². The van der Waals surface area contributed by atoms with Crippen LogP contribution in [0.4, 0.5) is 0 Å². The normalized spacial score (nSPS) is 16.0. The lowest BCUT2D eigenvalue weighted by Gasteiger charge is -2.17. The minimum Gasteiger partial charge on any atom is -0.361 e. The van der Waals surface area contributed by atoms with E-state index in [1.165, 1.54) is 19.3 Å². The lowest BCUT2D eigenvalue weighted by atomic mass is 10.1. The van der Waals surface area contributed by atoms with Gasteiger partial charge < -0.3 is 10.5 Å². The van der Waals surface area contributed by atoms with Gasteiger partial charge in [-0.05, 0) is 19.8 Å². The van der Waals surface area contributed by atoms with Gasteiger partial charge in [-0.1, -0.05) is 33.1 Å². The fourth-order valence-electron chi connectivity index (χ4n) is 1.14. The molecule has 2 nitrogen and oxygen atoms in total. The maximum absolute atomic E-state index is 5.66. The number of rotatable bonds is 7. The molecule has 0 rings (SSSR count). The van der Waals surface area contributed by atoms with Crippen LogP contribution in [0.3, 0.4) is 0 Å². The van der Waals surface area contributed by atoms with E-state index < -0.39 is 0 Å². The highest BCUT2D eigenvalue weighted by Gasteiger charge is 2.05. The van der Waals surface area contributed by atoms with Gasteiger partial charge in [0.05, 0.1) is 6.10 Å². The predicted octanol–water partition coefficient (Wildman–Crippen LogP) is 2.67. The largest absolute Gasteiger partial charge is 0.361 e. The minimum absolute atomic E-state index is 0.0679. The van der Waals surface area contributed by atoms with Crippen molar-refractivity contribution in [3.8, 4) is 0 Å². The third kappa shape index (κ3) is 6.62. The standard InChI is InChI=1S/C10H23NO/c1-4-6-7-8-9(3)12-10(11)5-2/h9-10H,4-8,11H2,1-3H3. The van der Waals surface area contributed by atoms with Gasteiger partial charge in [-0.25, -0.2) is 0 Å². The lowest BCUT2D eigenvalue weighted by molar-refractivity contribution is -0.00531. The van der Waals surface area contributed by atoms with Gasteiger partial charge in [0.15, 0.2) is 0 Å². The Labute approximate surface area is 76.5 Å². The van der Waals surface area contributed by atoms with E-state index in [0.29, 0.717) is 6.10 Å². The van der Waals surface area contributed by atoms with Crippen LogP contribution in [0, 0.1) is 0 Å². The van der Waals surface area contributed by atoms with Gasteiger partial charge in [0, 0.05) is 0 Å². The van der Waals surface area contributed by atoms with E-state index in [1.54, 1.807) is 0 Å². The van der Waals surface area contributed by atoms with Gasteiger partial charge in [-0.2, -0.15) is 0 Å². The first-order valence-electron chi connectivity index (χ1n) is 5.11. The highest BCUT2D eigenvalue weighted by atomic mass is 16.5.